The Morgan fingerprint density at radius 3 is 2.14 bits per heavy atom. The molecule has 3 aromatic heterocycles. The number of amides is 4. The van der Waals surface area contributed by atoms with Gasteiger partial charge in [0.2, 0.25) is 11.8 Å². The van der Waals surface area contributed by atoms with Crippen LogP contribution >= 0.6 is 0 Å². The number of anilines is 2. The number of hydrogen-bond acceptors (Lipinski definition) is 14. The Morgan fingerprint density at radius 2 is 1.46 bits per heavy atom. The molecular weight excluding hydrogens is 753 g/mol. The molecule has 17 nitrogen and oxygen atoms in total. The van der Waals surface area contributed by atoms with Crippen molar-refractivity contribution in [2.75, 3.05) is 62.2 Å². The van der Waals surface area contributed by atoms with Gasteiger partial charge in [0.25, 0.3) is 11.8 Å². The van der Waals surface area contributed by atoms with Crippen LogP contribution in [0.4, 0.5) is 11.5 Å². The van der Waals surface area contributed by atoms with E-state index in [1.54, 1.807) is 18.5 Å². The van der Waals surface area contributed by atoms with Crippen LogP contribution in [0, 0.1) is 0 Å². The van der Waals surface area contributed by atoms with E-state index in [0.717, 1.165) is 128 Å². The topological polar surface area (TPSA) is 186 Å². The van der Waals surface area contributed by atoms with Gasteiger partial charge in [0, 0.05) is 89.0 Å². The first kappa shape index (κ1) is 37.0. The van der Waals surface area contributed by atoms with E-state index in [-0.39, 0.29) is 24.0 Å². The average Bonchev–Trinajstić information content (AvgIpc) is 3.73. The maximum absolute atomic E-state index is 13.3. The van der Waals surface area contributed by atoms with Crippen molar-refractivity contribution >= 4 is 46.0 Å². The first-order valence-electron chi connectivity index (χ1n) is 20.3. The Balaban J connectivity index is 0.700. The molecule has 17 heteroatoms. The number of aromatic amines is 1. The number of piperidine rings is 1. The fourth-order valence-electron chi connectivity index (χ4n) is 8.44. The molecule has 302 valence electrons. The van der Waals surface area contributed by atoms with Crippen molar-refractivity contribution in [2.45, 2.75) is 57.3 Å². The molecule has 1 atom stereocenters. The Morgan fingerprint density at radius 1 is 0.763 bits per heavy atom. The molecule has 4 amide bonds. The van der Waals surface area contributed by atoms with Crippen LogP contribution in [-0.4, -0.2) is 133 Å². The molecule has 0 bridgehead atoms. The largest absolute Gasteiger partial charge is 0.488 e. The molecule has 59 heavy (non-hydrogen) atoms. The molecule has 2 aromatic carbocycles. The molecule has 0 radical (unpaired) electrons. The fourth-order valence-corrected chi connectivity index (χ4v) is 8.44. The normalized spacial score (nSPS) is 21.0. The van der Waals surface area contributed by atoms with Gasteiger partial charge in [-0.15, -0.1) is 0 Å². The molecule has 7 heterocycles. The zero-order chi connectivity index (χ0) is 40.3. The van der Waals surface area contributed by atoms with Crippen molar-refractivity contribution in [3.8, 4) is 17.1 Å². The predicted molar refractivity (Wildman–Crippen MR) is 216 cm³/mol. The minimum atomic E-state index is -0.979. The number of ether oxygens (including phenoxy) is 1. The van der Waals surface area contributed by atoms with E-state index in [4.69, 9.17) is 4.74 Å². The molecule has 10 rings (SSSR count). The summed E-state index contributed by atoms with van der Waals surface area (Å²) in [5, 5.41) is 20.1. The summed E-state index contributed by atoms with van der Waals surface area (Å²) in [5.41, 5.74) is 5.73. The van der Waals surface area contributed by atoms with E-state index in [9.17, 15) is 19.2 Å². The molecule has 5 aliphatic rings. The highest BCUT2D eigenvalue weighted by Crippen LogP contribution is 2.41. The van der Waals surface area contributed by atoms with Crippen molar-refractivity contribution < 1.29 is 23.9 Å². The van der Waals surface area contributed by atoms with E-state index in [1.165, 1.54) is 0 Å². The summed E-state index contributed by atoms with van der Waals surface area (Å²) in [6.45, 7) is 10.00. The van der Waals surface area contributed by atoms with Gasteiger partial charge in [-0.1, -0.05) is 0 Å². The number of carbonyl (C=O) groups is 4. The van der Waals surface area contributed by atoms with Gasteiger partial charge in [-0.25, -0.2) is 9.97 Å². The molecule has 1 saturated carbocycles. The Bertz CT molecular complexity index is 2470. The number of aromatic nitrogens is 6. The van der Waals surface area contributed by atoms with Crippen LogP contribution in [0.5, 0.6) is 5.75 Å². The summed E-state index contributed by atoms with van der Waals surface area (Å²) in [6, 6.07) is 16.5. The molecule has 5 aromatic rings. The third-order valence-corrected chi connectivity index (χ3v) is 12.2. The Kier molecular flexibility index (Phi) is 9.28. The molecule has 3 saturated heterocycles. The van der Waals surface area contributed by atoms with E-state index in [1.807, 2.05) is 30.3 Å². The van der Waals surface area contributed by atoms with Crippen LogP contribution in [0.2, 0.25) is 0 Å². The molecule has 1 unspecified atom stereocenters. The second-order valence-corrected chi connectivity index (χ2v) is 16.3. The third-order valence-electron chi connectivity index (χ3n) is 12.2. The minimum absolute atomic E-state index is 0.0598. The Labute approximate surface area is 339 Å². The van der Waals surface area contributed by atoms with Gasteiger partial charge in [-0.05, 0) is 74.7 Å². The van der Waals surface area contributed by atoms with Gasteiger partial charge in [0.1, 0.15) is 29.5 Å². The van der Waals surface area contributed by atoms with Crippen LogP contribution < -0.4 is 19.9 Å². The first-order chi connectivity index (χ1) is 28.7. The number of H-pyrrole nitrogens is 1. The van der Waals surface area contributed by atoms with E-state index >= 15 is 0 Å². The number of fused-ring (bicyclic) bond motifs is 2. The van der Waals surface area contributed by atoms with Gasteiger partial charge in [-0.2, -0.15) is 15.3 Å². The number of hydrogen-bond donors (Lipinski definition) is 2. The molecule has 0 spiro atoms. The first-order valence-corrected chi connectivity index (χ1v) is 20.3. The third kappa shape index (κ3) is 7.35. The number of nitrogens with one attached hydrogen (secondary N) is 2. The highest BCUT2D eigenvalue weighted by atomic mass is 16.5. The SMILES string of the molecule is CC1(Oc2ccc3n[nH]c(-c4cc(N5CCN(Cc6ccc(CN7CCN(c8ccc9c(c8)C(=O)N(C8CCC(=O)NC8=O)C9=O)CC7)nn6)CC5)ncn4)c3c2)CC1. The van der Waals surface area contributed by atoms with Gasteiger partial charge < -0.3 is 14.5 Å². The minimum Gasteiger partial charge on any atom is -0.488 e. The van der Waals surface area contributed by atoms with Crippen molar-refractivity contribution in [1.82, 2.24) is 50.4 Å². The van der Waals surface area contributed by atoms with Crippen molar-refractivity contribution in [1.29, 1.82) is 0 Å². The van der Waals surface area contributed by atoms with Crippen molar-refractivity contribution in [2.24, 2.45) is 0 Å². The standard InChI is InChI=1S/C42H44N12O5/c1-42(10-11-42)59-29-5-7-33-32(21-29)38(49-48-33)34-22-36(44-25-43-34)53-18-14-51(15-19-53)24-27-3-2-26(46-47-27)23-50-12-16-52(17-13-50)28-4-6-30-31(20-28)41(58)54(40(30)57)35-8-9-37(55)45-39(35)56/h2-7,20-22,25,35H,8-19,23-24H2,1H3,(H,48,49)(H,45,55,56). The highest BCUT2D eigenvalue weighted by molar-refractivity contribution is 6.23. The lowest BCUT2D eigenvalue weighted by molar-refractivity contribution is -0.136. The summed E-state index contributed by atoms with van der Waals surface area (Å²) >= 11 is 0. The summed E-state index contributed by atoms with van der Waals surface area (Å²) in [6.07, 6.45) is 3.99. The summed E-state index contributed by atoms with van der Waals surface area (Å²) in [5.74, 6) is -0.268. The number of carbonyl (C=O) groups excluding carboxylic acids is 4. The zero-order valence-corrected chi connectivity index (χ0v) is 32.8. The van der Waals surface area contributed by atoms with Crippen LogP contribution in [-0.2, 0) is 22.7 Å². The van der Waals surface area contributed by atoms with Gasteiger partial charge in [0.05, 0.1) is 39.4 Å². The lowest BCUT2D eigenvalue weighted by Gasteiger charge is -2.36. The van der Waals surface area contributed by atoms with Crippen LogP contribution in [0.25, 0.3) is 22.3 Å². The van der Waals surface area contributed by atoms with Crippen LogP contribution in [0.3, 0.4) is 0 Å². The Hall–Kier alpha value is -6.33. The molecular formula is C42H44N12O5. The average molecular weight is 797 g/mol. The maximum atomic E-state index is 13.3. The molecule has 2 N–H and O–H groups in total. The maximum Gasteiger partial charge on any atom is 0.262 e. The second kappa shape index (κ2) is 14.8. The molecule has 4 fully saturated rings. The van der Waals surface area contributed by atoms with E-state index < -0.39 is 29.7 Å². The van der Waals surface area contributed by atoms with E-state index in [0.29, 0.717) is 12.1 Å². The highest BCUT2D eigenvalue weighted by Gasteiger charge is 2.45. The van der Waals surface area contributed by atoms with Crippen LogP contribution in [0.15, 0.2) is 60.9 Å². The van der Waals surface area contributed by atoms with Crippen LogP contribution in [0.1, 0.15) is 64.7 Å². The number of imide groups is 2. The van der Waals surface area contributed by atoms with Crippen molar-refractivity contribution in [3.05, 3.63) is 83.4 Å². The molecule has 4 aliphatic heterocycles. The number of nitrogens with zero attached hydrogens (tertiary/aromatic N) is 10. The second-order valence-electron chi connectivity index (χ2n) is 16.3. The predicted octanol–water partition coefficient (Wildman–Crippen LogP) is 2.79. The van der Waals surface area contributed by atoms with E-state index in [2.05, 4.69) is 74.3 Å². The summed E-state index contributed by atoms with van der Waals surface area (Å²) < 4.78 is 6.21. The number of benzene rings is 2. The monoisotopic (exact) mass is 796 g/mol. The van der Waals surface area contributed by atoms with Gasteiger partial charge >= 0.3 is 0 Å². The lowest BCUT2D eigenvalue weighted by Crippen LogP contribution is -2.54. The van der Waals surface area contributed by atoms with Crippen molar-refractivity contribution in [3.63, 3.8) is 0 Å². The number of rotatable bonds is 10. The number of piperazine rings is 2. The smallest absolute Gasteiger partial charge is 0.262 e. The summed E-state index contributed by atoms with van der Waals surface area (Å²) in [7, 11) is 0. The zero-order valence-electron chi connectivity index (χ0n) is 32.8. The van der Waals surface area contributed by atoms with Gasteiger partial charge in [0.15, 0.2) is 0 Å². The lowest BCUT2D eigenvalue weighted by atomic mass is 10.0. The molecule has 1 aliphatic carbocycles. The fraction of sp³-hybridized carbons (Fsp3) is 0.405. The summed E-state index contributed by atoms with van der Waals surface area (Å²) in [4.78, 5) is 69.9. The quantitative estimate of drug-likeness (QED) is 0.197. The van der Waals surface area contributed by atoms with Gasteiger partial charge in [-0.3, -0.25) is 44.3 Å².